The van der Waals surface area contributed by atoms with Crippen molar-refractivity contribution in [1.29, 1.82) is 0 Å². The molecule has 0 aromatic heterocycles. The Morgan fingerprint density at radius 2 is 1.69 bits per heavy atom. The van der Waals surface area contributed by atoms with Gasteiger partial charge in [0.1, 0.15) is 0 Å². The van der Waals surface area contributed by atoms with Crippen LogP contribution in [0.3, 0.4) is 0 Å². The Morgan fingerprint density at radius 1 is 1.04 bits per heavy atom. The minimum atomic E-state index is -2.58. The molecule has 2 nitrogen and oxygen atoms in total. The summed E-state index contributed by atoms with van der Waals surface area (Å²) in [7, 11) is 0. The SMILES string of the molecule is CCCCCCCc1ccc([C@H]2CC[C@H](C(=O)OCC(F)F)CC2)cc1. The lowest BCUT2D eigenvalue weighted by Crippen LogP contribution is -2.24. The third kappa shape index (κ3) is 7.05. The molecule has 0 saturated heterocycles. The van der Waals surface area contributed by atoms with Gasteiger partial charge >= 0.3 is 5.97 Å². The monoisotopic (exact) mass is 366 g/mol. The van der Waals surface area contributed by atoms with Gasteiger partial charge in [-0.3, -0.25) is 4.79 Å². The molecule has 0 heterocycles. The molecule has 0 unspecified atom stereocenters. The van der Waals surface area contributed by atoms with Gasteiger partial charge in [-0.1, -0.05) is 56.9 Å². The minimum Gasteiger partial charge on any atom is -0.459 e. The fourth-order valence-corrected chi connectivity index (χ4v) is 3.81. The van der Waals surface area contributed by atoms with E-state index in [1.165, 1.54) is 43.2 Å². The molecule has 0 radical (unpaired) electrons. The van der Waals surface area contributed by atoms with Gasteiger partial charge in [-0.25, -0.2) is 8.78 Å². The highest BCUT2D eigenvalue weighted by molar-refractivity contribution is 5.72. The van der Waals surface area contributed by atoms with Gasteiger partial charge < -0.3 is 4.74 Å². The third-order valence-corrected chi connectivity index (χ3v) is 5.43. The highest BCUT2D eigenvalue weighted by atomic mass is 19.3. The van der Waals surface area contributed by atoms with E-state index in [1.54, 1.807) is 0 Å². The lowest BCUT2D eigenvalue weighted by molar-refractivity contribution is -0.153. The number of esters is 1. The Labute approximate surface area is 156 Å². The summed E-state index contributed by atoms with van der Waals surface area (Å²) in [5.41, 5.74) is 2.73. The van der Waals surface area contributed by atoms with Crippen LogP contribution in [0.4, 0.5) is 8.78 Å². The maximum absolute atomic E-state index is 12.1. The van der Waals surface area contributed by atoms with E-state index in [2.05, 4.69) is 35.9 Å². The first-order valence-corrected chi connectivity index (χ1v) is 10.1. The first kappa shape index (κ1) is 20.9. The summed E-state index contributed by atoms with van der Waals surface area (Å²) in [5.74, 6) is -0.206. The van der Waals surface area contributed by atoms with Gasteiger partial charge in [0, 0.05) is 0 Å². The zero-order chi connectivity index (χ0) is 18.8. The maximum Gasteiger partial charge on any atom is 0.309 e. The molecule has 0 aliphatic heterocycles. The number of carbonyl (C=O) groups is 1. The fraction of sp³-hybridized carbons (Fsp3) is 0.682. The number of rotatable bonds is 10. The Hall–Kier alpha value is -1.45. The first-order valence-electron chi connectivity index (χ1n) is 10.1. The molecule has 4 heteroatoms. The molecule has 0 bridgehead atoms. The van der Waals surface area contributed by atoms with E-state index < -0.39 is 19.0 Å². The largest absolute Gasteiger partial charge is 0.459 e. The zero-order valence-electron chi connectivity index (χ0n) is 15.9. The summed E-state index contributed by atoms with van der Waals surface area (Å²) in [6.45, 7) is 1.46. The zero-order valence-corrected chi connectivity index (χ0v) is 15.9. The number of hydrogen-bond acceptors (Lipinski definition) is 2. The summed E-state index contributed by atoms with van der Waals surface area (Å²) in [6, 6.07) is 8.92. The van der Waals surface area contributed by atoms with Crippen molar-refractivity contribution in [3.8, 4) is 0 Å². The van der Waals surface area contributed by atoms with Gasteiger partial charge in [-0.2, -0.15) is 0 Å². The Kier molecular flexibility index (Phi) is 9.07. The van der Waals surface area contributed by atoms with Crippen LogP contribution in [-0.4, -0.2) is 19.0 Å². The van der Waals surface area contributed by atoms with Crippen LogP contribution in [-0.2, 0) is 16.0 Å². The first-order chi connectivity index (χ1) is 12.6. The average Bonchev–Trinajstić information content (AvgIpc) is 2.66. The van der Waals surface area contributed by atoms with E-state index >= 15 is 0 Å². The summed E-state index contributed by atoms with van der Waals surface area (Å²) in [4.78, 5) is 11.8. The highest BCUT2D eigenvalue weighted by Gasteiger charge is 2.28. The van der Waals surface area contributed by atoms with E-state index in [0.29, 0.717) is 5.92 Å². The Balaban J connectivity index is 1.72. The van der Waals surface area contributed by atoms with Crippen molar-refractivity contribution < 1.29 is 18.3 Å². The van der Waals surface area contributed by atoms with Crippen molar-refractivity contribution in [1.82, 2.24) is 0 Å². The highest BCUT2D eigenvalue weighted by Crippen LogP contribution is 2.36. The summed E-state index contributed by atoms with van der Waals surface area (Å²) in [5, 5.41) is 0. The second-order valence-corrected chi connectivity index (χ2v) is 7.48. The Bertz CT molecular complexity index is 519. The molecule has 1 aromatic carbocycles. The summed E-state index contributed by atoms with van der Waals surface area (Å²) < 4.78 is 28.9. The van der Waals surface area contributed by atoms with E-state index in [4.69, 9.17) is 0 Å². The van der Waals surface area contributed by atoms with E-state index in [9.17, 15) is 13.6 Å². The van der Waals surface area contributed by atoms with Crippen molar-refractivity contribution in [3.63, 3.8) is 0 Å². The number of halogens is 2. The standard InChI is InChI=1S/C22H32F2O2/c1-2-3-4-5-6-7-17-8-10-18(11-9-17)19-12-14-20(15-13-19)22(25)26-16-21(23)24/h8-11,19-21H,2-7,12-16H2,1H3/t19-,20-. The summed E-state index contributed by atoms with van der Waals surface area (Å²) in [6.07, 6.45) is 8.36. The van der Waals surface area contributed by atoms with Crippen molar-refractivity contribution in [3.05, 3.63) is 35.4 Å². The smallest absolute Gasteiger partial charge is 0.309 e. The van der Waals surface area contributed by atoms with E-state index in [1.807, 2.05) is 0 Å². The lowest BCUT2D eigenvalue weighted by atomic mass is 9.78. The molecule has 26 heavy (non-hydrogen) atoms. The maximum atomic E-state index is 12.1. The van der Waals surface area contributed by atoms with Gasteiger partial charge in [0.05, 0.1) is 5.92 Å². The molecular weight excluding hydrogens is 334 g/mol. The number of benzene rings is 1. The number of alkyl halides is 2. The number of hydrogen-bond donors (Lipinski definition) is 0. The molecular formula is C22H32F2O2. The van der Waals surface area contributed by atoms with Crippen molar-refractivity contribution >= 4 is 5.97 Å². The minimum absolute atomic E-state index is 0.215. The number of unbranched alkanes of at least 4 members (excludes halogenated alkanes) is 4. The van der Waals surface area contributed by atoms with E-state index in [-0.39, 0.29) is 5.92 Å². The normalized spacial score (nSPS) is 20.3. The fourth-order valence-electron chi connectivity index (χ4n) is 3.81. The molecule has 1 aliphatic rings. The van der Waals surface area contributed by atoms with Gasteiger partial charge in [0.2, 0.25) is 0 Å². The average molecular weight is 366 g/mol. The second kappa shape index (κ2) is 11.3. The van der Waals surface area contributed by atoms with Crippen LogP contribution in [0.2, 0.25) is 0 Å². The van der Waals surface area contributed by atoms with Crippen LogP contribution in [0.1, 0.15) is 81.8 Å². The van der Waals surface area contributed by atoms with Crippen LogP contribution in [0, 0.1) is 5.92 Å². The molecule has 0 atom stereocenters. The van der Waals surface area contributed by atoms with Gasteiger partial charge in [-0.05, 0) is 55.6 Å². The van der Waals surface area contributed by atoms with Gasteiger partial charge in [0.25, 0.3) is 6.43 Å². The molecule has 0 spiro atoms. The Morgan fingerprint density at radius 3 is 2.31 bits per heavy atom. The van der Waals surface area contributed by atoms with E-state index in [0.717, 1.165) is 32.1 Å². The molecule has 1 aromatic rings. The number of ether oxygens (including phenoxy) is 1. The predicted molar refractivity (Wildman–Crippen MR) is 101 cm³/mol. The van der Waals surface area contributed by atoms with Gasteiger partial charge in [0.15, 0.2) is 6.61 Å². The van der Waals surface area contributed by atoms with Crippen LogP contribution in [0.15, 0.2) is 24.3 Å². The predicted octanol–water partition coefficient (Wildman–Crippen LogP) is 6.28. The second-order valence-electron chi connectivity index (χ2n) is 7.48. The molecule has 1 saturated carbocycles. The molecule has 1 aliphatic carbocycles. The topological polar surface area (TPSA) is 26.3 Å². The number of carbonyl (C=O) groups excluding carboxylic acids is 1. The van der Waals surface area contributed by atoms with Crippen molar-refractivity contribution in [2.45, 2.75) is 83.5 Å². The number of aryl methyl sites for hydroxylation is 1. The lowest BCUT2D eigenvalue weighted by Gasteiger charge is -2.27. The van der Waals surface area contributed by atoms with Gasteiger partial charge in [-0.15, -0.1) is 0 Å². The molecule has 1 fully saturated rings. The van der Waals surface area contributed by atoms with Crippen LogP contribution >= 0.6 is 0 Å². The van der Waals surface area contributed by atoms with Crippen LogP contribution in [0.5, 0.6) is 0 Å². The quantitative estimate of drug-likeness (QED) is 0.360. The van der Waals surface area contributed by atoms with Crippen molar-refractivity contribution in [2.75, 3.05) is 6.61 Å². The van der Waals surface area contributed by atoms with Crippen molar-refractivity contribution in [2.24, 2.45) is 5.92 Å². The summed E-state index contributed by atoms with van der Waals surface area (Å²) >= 11 is 0. The molecule has 0 N–H and O–H groups in total. The molecule has 2 rings (SSSR count). The molecule has 146 valence electrons. The third-order valence-electron chi connectivity index (χ3n) is 5.43. The van der Waals surface area contributed by atoms with Crippen LogP contribution < -0.4 is 0 Å². The molecule has 0 amide bonds. The van der Waals surface area contributed by atoms with Crippen LogP contribution in [0.25, 0.3) is 0 Å².